The van der Waals surface area contributed by atoms with E-state index in [9.17, 15) is 9.18 Å². The van der Waals surface area contributed by atoms with Crippen LogP contribution in [0.25, 0.3) is 0 Å². The SMILES string of the molecule is CN(C)CCc1ccc(NC(=O)C2(c3cccc(F)c3)CCCCC2)cc1. The van der Waals surface area contributed by atoms with Crippen LogP contribution in [0, 0.1) is 5.82 Å². The van der Waals surface area contributed by atoms with E-state index in [1.54, 1.807) is 6.07 Å². The Bertz CT molecular complexity index is 764. The number of carbonyl (C=O) groups excluding carboxylic acids is 1. The molecule has 0 bridgehead atoms. The lowest BCUT2D eigenvalue weighted by molar-refractivity contribution is -0.122. The zero-order chi connectivity index (χ0) is 19.3. The number of hydrogen-bond donors (Lipinski definition) is 1. The molecule has 0 atom stereocenters. The summed E-state index contributed by atoms with van der Waals surface area (Å²) < 4.78 is 13.8. The maximum atomic E-state index is 13.8. The van der Waals surface area contributed by atoms with Crippen LogP contribution in [0.2, 0.25) is 0 Å². The molecule has 4 heteroatoms. The van der Waals surface area contributed by atoms with E-state index in [0.29, 0.717) is 0 Å². The molecule has 1 fully saturated rings. The maximum Gasteiger partial charge on any atom is 0.235 e. The first kappa shape index (κ1) is 19.6. The molecule has 1 amide bonds. The molecule has 1 saturated carbocycles. The molecular formula is C23H29FN2O. The number of anilines is 1. The molecule has 2 aromatic rings. The second-order valence-electron chi connectivity index (χ2n) is 7.86. The first-order valence-corrected chi connectivity index (χ1v) is 9.81. The molecule has 144 valence electrons. The molecule has 0 saturated heterocycles. The minimum atomic E-state index is -0.635. The minimum Gasteiger partial charge on any atom is -0.325 e. The summed E-state index contributed by atoms with van der Waals surface area (Å²) in [6, 6.07) is 14.6. The van der Waals surface area contributed by atoms with Gasteiger partial charge in [-0.2, -0.15) is 0 Å². The fourth-order valence-electron chi connectivity index (χ4n) is 3.95. The Morgan fingerprint density at radius 3 is 2.41 bits per heavy atom. The van der Waals surface area contributed by atoms with Gasteiger partial charge in [0.1, 0.15) is 5.82 Å². The van der Waals surface area contributed by atoms with Crippen molar-refractivity contribution in [1.29, 1.82) is 0 Å². The fraction of sp³-hybridized carbons (Fsp3) is 0.435. The van der Waals surface area contributed by atoms with E-state index in [1.807, 2.05) is 18.2 Å². The predicted octanol–water partition coefficient (Wildman–Crippen LogP) is 4.77. The highest BCUT2D eigenvalue weighted by molar-refractivity contribution is 5.99. The summed E-state index contributed by atoms with van der Waals surface area (Å²) in [6.07, 6.45) is 5.63. The van der Waals surface area contributed by atoms with Crippen molar-refractivity contribution in [3.05, 3.63) is 65.5 Å². The van der Waals surface area contributed by atoms with Crippen molar-refractivity contribution in [3.63, 3.8) is 0 Å². The lowest BCUT2D eigenvalue weighted by atomic mass is 9.68. The summed E-state index contributed by atoms with van der Waals surface area (Å²) in [5, 5.41) is 3.09. The molecule has 3 nitrogen and oxygen atoms in total. The molecule has 0 radical (unpaired) electrons. The zero-order valence-corrected chi connectivity index (χ0v) is 16.3. The average Bonchev–Trinajstić information content (AvgIpc) is 2.68. The van der Waals surface area contributed by atoms with Crippen LogP contribution in [0.4, 0.5) is 10.1 Å². The number of likely N-dealkylation sites (N-methyl/N-ethyl adjacent to an activating group) is 1. The molecule has 3 rings (SSSR count). The van der Waals surface area contributed by atoms with E-state index in [2.05, 4.69) is 36.4 Å². The molecule has 0 heterocycles. The summed E-state index contributed by atoms with van der Waals surface area (Å²) in [7, 11) is 4.12. The van der Waals surface area contributed by atoms with Gasteiger partial charge in [-0.1, -0.05) is 43.5 Å². The maximum absolute atomic E-state index is 13.8. The molecule has 0 unspecified atom stereocenters. The highest BCUT2D eigenvalue weighted by atomic mass is 19.1. The van der Waals surface area contributed by atoms with Crippen LogP contribution in [0.5, 0.6) is 0 Å². The van der Waals surface area contributed by atoms with Gasteiger partial charge in [0.05, 0.1) is 5.41 Å². The van der Waals surface area contributed by atoms with Crippen LogP contribution in [-0.2, 0) is 16.6 Å². The van der Waals surface area contributed by atoms with Gasteiger partial charge in [-0.05, 0) is 68.8 Å². The van der Waals surface area contributed by atoms with E-state index < -0.39 is 5.41 Å². The second kappa shape index (κ2) is 8.66. The second-order valence-corrected chi connectivity index (χ2v) is 7.86. The van der Waals surface area contributed by atoms with Crippen molar-refractivity contribution in [2.24, 2.45) is 0 Å². The summed E-state index contributed by atoms with van der Waals surface area (Å²) in [5.74, 6) is -0.302. The number of halogens is 1. The Balaban J connectivity index is 1.77. The van der Waals surface area contributed by atoms with Gasteiger partial charge in [0.25, 0.3) is 0 Å². The largest absolute Gasteiger partial charge is 0.325 e. The number of carbonyl (C=O) groups is 1. The third-order valence-corrected chi connectivity index (χ3v) is 5.58. The fourth-order valence-corrected chi connectivity index (χ4v) is 3.95. The standard InChI is InChI=1S/C23H29FN2O/c1-26(2)16-13-18-9-11-21(12-10-18)25-22(27)23(14-4-3-5-15-23)19-7-6-8-20(24)17-19/h6-12,17H,3-5,13-16H2,1-2H3,(H,25,27). The highest BCUT2D eigenvalue weighted by Gasteiger charge is 2.41. The smallest absolute Gasteiger partial charge is 0.235 e. The van der Waals surface area contributed by atoms with Crippen molar-refractivity contribution in [2.75, 3.05) is 26.0 Å². The Morgan fingerprint density at radius 1 is 1.07 bits per heavy atom. The number of rotatable bonds is 6. The van der Waals surface area contributed by atoms with Crippen LogP contribution >= 0.6 is 0 Å². The van der Waals surface area contributed by atoms with Crippen LogP contribution in [-0.4, -0.2) is 31.4 Å². The molecule has 0 aromatic heterocycles. The van der Waals surface area contributed by atoms with Gasteiger partial charge in [0, 0.05) is 12.2 Å². The Labute approximate surface area is 161 Å². The number of hydrogen-bond acceptors (Lipinski definition) is 2. The quantitative estimate of drug-likeness (QED) is 0.796. The molecular weight excluding hydrogens is 339 g/mol. The van der Waals surface area contributed by atoms with Crippen molar-refractivity contribution in [1.82, 2.24) is 4.90 Å². The average molecular weight is 368 g/mol. The summed E-state index contributed by atoms with van der Waals surface area (Å²) in [6.45, 7) is 0.994. The summed E-state index contributed by atoms with van der Waals surface area (Å²) >= 11 is 0. The predicted molar refractivity (Wildman–Crippen MR) is 108 cm³/mol. The van der Waals surface area contributed by atoms with E-state index >= 15 is 0 Å². The van der Waals surface area contributed by atoms with Gasteiger partial charge >= 0.3 is 0 Å². The Kier molecular flexibility index (Phi) is 6.27. The lowest BCUT2D eigenvalue weighted by Crippen LogP contribution is -2.42. The van der Waals surface area contributed by atoms with Crippen molar-refractivity contribution in [3.8, 4) is 0 Å². The number of benzene rings is 2. The van der Waals surface area contributed by atoms with Crippen molar-refractivity contribution in [2.45, 2.75) is 43.9 Å². The number of amides is 1. The van der Waals surface area contributed by atoms with Gasteiger partial charge in [-0.15, -0.1) is 0 Å². The van der Waals surface area contributed by atoms with Crippen molar-refractivity contribution >= 4 is 11.6 Å². The van der Waals surface area contributed by atoms with Crippen molar-refractivity contribution < 1.29 is 9.18 Å². The first-order valence-electron chi connectivity index (χ1n) is 9.81. The number of nitrogens with one attached hydrogen (secondary N) is 1. The van der Waals surface area contributed by atoms with E-state index in [-0.39, 0.29) is 11.7 Å². The molecule has 0 spiro atoms. The monoisotopic (exact) mass is 368 g/mol. The van der Waals surface area contributed by atoms with E-state index in [1.165, 1.54) is 17.7 Å². The minimum absolute atomic E-state index is 0.0196. The van der Waals surface area contributed by atoms with Gasteiger partial charge in [0.15, 0.2) is 0 Å². The molecule has 27 heavy (non-hydrogen) atoms. The number of nitrogens with zero attached hydrogens (tertiary/aromatic N) is 1. The molecule has 1 N–H and O–H groups in total. The Morgan fingerprint density at radius 2 is 1.78 bits per heavy atom. The topological polar surface area (TPSA) is 32.3 Å². The normalized spacial score (nSPS) is 16.3. The third-order valence-electron chi connectivity index (χ3n) is 5.58. The highest BCUT2D eigenvalue weighted by Crippen LogP contribution is 2.40. The first-order chi connectivity index (χ1) is 13.0. The van der Waals surface area contributed by atoms with Gasteiger partial charge in [-0.25, -0.2) is 4.39 Å². The molecule has 1 aliphatic carbocycles. The third kappa shape index (κ3) is 4.75. The van der Waals surface area contributed by atoms with E-state index in [4.69, 9.17) is 0 Å². The summed E-state index contributed by atoms with van der Waals surface area (Å²) in [5.41, 5.74) is 2.21. The van der Waals surface area contributed by atoms with Gasteiger partial charge in [-0.3, -0.25) is 4.79 Å². The summed E-state index contributed by atoms with van der Waals surface area (Å²) in [4.78, 5) is 15.4. The zero-order valence-electron chi connectivity index (χ0n) is 16.3. The molecule has 1 aliphatic rings. The Hall–Kier alpha value is -2.20. The molecule has 2 aromatic carbocycles. The van der Waals surface area contributed by atoms with Gasteiger partial charge in [0.2, 0.25) is 5.91 Å². The van der Waals surface area contributed by atoms with Crippen LogP contribution in [0.1, 0.15) is 43.2 Å². The molecule has 0 aliphatic heterocycles. The van der Waals surface area contributed by atoms with Crippen LogP contribution < -0.4 is 5.32 Å². The van der Waals surface area contributed by atoms with E-state index in [0.717, 1.165) is 56.3 Å². The van der Waals surface area contributed by atoms with Gasteiger partial charge < -0.3 is 10.2 Å². The van der Waals surface area contributed by atoms with Crippen LogP contribution in [0.3, 0.4) is 0 Å². The lowest BCUT2D eigenvalue weighted by Gasteiger charge is -2.36. The van der Waals surface area contributed by atoms with Crippen LogP contribution in [0.15, 0.2) is 48.5 Å².